The molecule has 0 saturated carbocycles. The summed E-state index contributed by atoms with van der Waals surface area (Å²) in [6.07, 6.45) is 1.41. The third kappa shape index (κ3) is 3.29. The highest BCUT2D eigenvalue weighted by atomic mass is 32.2. The number of carbonyl (C=O) groups excluding carboxylic acids is 3. The fourth-order valence-corrected chi connectivity index (χ4v) is 2.84. The average Bonchev–Trinajstić information content (AvgIpc) is 2.66. The molecule has 1 aliphatic heterocycles. The smallest absolute Gasteiger partial charge is 0.285 e. The monoisotopic (exact) mass is 321 g/mol. The van der Waals surface area contributed by atoms with E-state index in [1.54, 1.807) is 18.2 Å². The zero-order valence-corrected chi connectivity index (χ0v) is 12.4. The molecule has 2 rings (SSSR count). The molecule has 1 N–H and O–H groups in total. The number of thiocarbonyl (C=S) groups is 1. The minimum atomic E-state index is -1.33. The Morgan fingerprint density at radius 3 is 2.67 bits per heavy atom. The molecule has 1 saturated heterocycles. The van der Waals surface area contributed by atoms with E-state index in [0.29, 0.717) is 5.56 Å². The molecule has 108 valence electrons. The molecule has 0 radical (unpaired) electrons. The molecule has 0 bridgehead atoms. The first-order valence-electron chi connectivity index (χ1n) is 5.75. The number of amides is 2. The van der Waals surface area contributed by atoms with Crippen molar-refractivity contribution in [2.75, 3.05) is 0 Å². The maximum Gasteiger partial charge on any atom is 0.285 e. The van der Waals surface area contributed by atoms with Gasteiger partial charge in [0.25, 0.3) is 5.91 Å². The van der Waals surface area contributed by atoms with Crippen LogP contribution in [0.5, 0.6) is 0 Å². The number of nitrogens with one attached hydrogen (secondary N) is 1. The van der Waals surface area contributed by atoms with E-state index in [1.807, 2.05) is 0 Å². The van der Waals surface area contributed by atoms with Gasteiger partial charge in [0, 0.05) is 12.5 Å². The number of thioether (sulfide) groups is 1. The maximum atomic E-state index is 12.1. The van der Waals surface area contributed by atoms with Crippen molar-refractivity contribution >= 4 is 52.2 Å². The third-order valence-corrected chi connectivity index (χ3v) is 3.83. The Hall–Kier alpha value is -2.19. The molecule has 1 aromatic carbocycles. The number of carboxylic acids is 1. The van der Waals surface area contributed by atoms with E-state index in [-0.39, 0.29) is 14.8 Å². The zero-order valence-electron chi connectivity index (χ0n) is 10.8. The van der Waals surface area contributed by atoms with Crippen LogP contribution in [0.4, 0.5) is 0 Å². The molecule has 1 aliphatic rings. The van der Waals surface area contributed by atoms with Gasteiger partial charge in [0.05, 0.1) is 10.9 Å². The summed E-state index contributed by atoms with van der Waals surface area (Å²) in [4.78, 5) is 34.4. The fourth-order valence-electron chi connectivity index (χ4n) is 1.67. The number of hydrogen-bond donors (Lipinski definition) is 1. The number of carboxylic acid groups (broad SMARTS) is 1. The number of carbonyl (C=O) groups is 3. The molecule has 1 heterocycles. The first kappa shape index (κ1) is 15.2. The van der Waals surface area contributed by atoms with Crippen LogP contribution in [0.3, 0.4) is 0 Å². The molecular formula is C13H9N2O4S2-. The van der Waals surface area contributed by atoms with Crippen molar-refractivity contribution in [2.45, 2.75) is 6.92 Å². The van der Waals surface area contributed by atoms with E-state index in [9.17, 15) is 19.5 Å². The van der Waals surface area contributed by atoms with Crippen molar-refractivity contribution in [1.82, 2.24) is 10.4 Å². The lowest BCUT2D eigenvalue weighted by Gasteiger charge is -2.13. The van der Waals surface area contributed by atoms with Crippen LogP contribution in [0.1, 0.15) is 22.8 Å². The second-order valence-corrected chi connectivity index (χ2v) is 5.74. The summed E-state index contributed by atoms with van der Waals surface area (Å²) in [5, 5.41) is 12.0. The van der Waals surface area contributed by atoms with Crippen molar-refractivity contribution in [3.63, 3.8) is 0 Å². The Morgan fingerprint density at radius 1 is 1.38 bits per heavy atom. The van der Waals surface area contributed by atoms with Crippen LogP contribution >= 0.6 is 24.0 Å². The second kappa shape index (κ2) is 6.06. The Bertz CT molecular complexity index is 685. The summed E-state index contributed by atoms with van der Waals surface area (Å²) < 4.78 is 0.174. The topological polar surface area (TPSA) is 89.5 Å². The molecule has 0 spiro atoms. The van der Waals surface area contributed by atoms with Crippen LogP contribution in [-0.2, 0) is 9.59 Å². The number of nitrogens with zero attached hydrogens (tertiary/aromatic N) is 1. The van der Waals surface area contributed by atoms with Crippen LogP contribution in [0, 0.1) is 0 Å². The number of hydrazine groups is 1. The minimum Gasteiger partial charge on any atom is -0.545 e. The SMILES string of the molecule is CC(=O)NN1C(=O)C(=Cc2ccccc2C(=O)[O-])SC1=S. The van der Waals surface area contributed by atoms with E-state index in [2.05, 4.69) is 5.43 Å². The van der Waals surface area contributed by atoms with Gasteiger partial charge in [-0.2, -0.15) is 5.01 Å². The summed E-state index contributed by atoms with van der Waals surface area (Å²) in [5.41, 5.74) is 2.62. The van der Waals surface area contributed by atoms with E-state index in [1.165, 1.54) is 19.1 Å². The van der Waals surface area contributed by atoms with Gasteiger partial charge in [-0.1, -0.05) is 36.0 Å². The second-order valence-electron chi connectivity index (χ2n) is 4.06. The maximum absolute atomic E-state index is 12.1. The summed E-state index contributed by atoms with van der Waals surface area (Å²) in [6.45, 7) is 1.26. The largest absolute Gasteiger partial charge is 0.545 e. The zero-order chi connectivity index (χ0) is 15.6. The molecule has 8 heteroatoms. The van der Waals surface area contributed by atoms with Gasteiger partial charge in [-0.15, -0.1) is 0 Å². The lowest BCUT2D eigenvalue weighted by molar-refractivity contribution is -0.255. The summed E-state index contributed by atoms with van der Waals surface area (Å²) in [7, 11) is 0. The van der Waals surface area contributed by atoms with Gasteiger partial charge in [-0.05, 0) is 23.9 Å². The molecule has 6 nitrogen and oxygen atoms in total. The number of rotatable bonds is 3. The standard InChI is InChI=1S/C13H10N2O4S2/c1-7(16)14-15-11(17)10(21-13(15)20)6-8-4-2-3-5-9(8)12(18)19/h2-6H,1H3,(H,14,16)(H,18,19)/p-1. The van der Waals surface area contributed by atoms with E-state index in [4.69, 9.17) is 12.2 Å². The molecule has 0 aromatic heterocycles. The van der Waals surface area contributed by atoms with Gasteiger partial charge in [-0.3, -0.25) is 15.0 Å². The Kier molecular flexibility index (Phi) is 4.39. The van der Waals surface area contributed by atoms with Gasteiger partial charge in [0.15, 0.2) is 4.32 Å². The minimum absolute atomic E-state index is 0.0257. The molecule has 0 unspecified atom stereocenters. The highest BCUT2D eigenvalue weighted by Gasteiger charge is 2.33. The molecule has 1 aromatic rings. The van der Waals surface area contributed by atoms with Crippen LogP contribution in [0.2, 0.25) is 0 Å². The third-order valence-electron chi connectivity index (χ3n) is 2.53. The summed E-state index contributed by atoms with van der Waals surface area (Å²) in [6, 6.07) is 6.14. The van der Waals surface area contributed by atoms with E-state index >= 15 is 0 Å². The predicted molar refractivity (Wildman–Crippen MR) is 79.6 cm³/mol. The highest BCUT2D eigenvalue weighted by Crippen LogP contribution is 2.31. The van der Waals surface area contributed by atoms with Crippen molar-refractivity contribution in [2.24, 2.45) is 0 Å². The number of benzene rings is 1. The lowest BCUT2D eigenvalue weighted by Crippen LogP contribution is -2.43. The van der Waals surface area contributed by atoms with Gasteiger partial charge >= 0.3 is 0 Å². The van der Waals surface area contributed by atoms with Crippen molar-refractivity contribution < 1.29 is 19.5 Å². The summed E-state index contributed by atoms with van der Waals surface area (Å²) in [5.74, 6) is -2.27. The predicted octanol–water partition coefficient (Wildman–Crippen LogP) is 0.302. The molecule has 0 atom stereocenters. The van der Waals surface area contributed by atoms with Crippen molar-refractivity contribution in [3.05, 3.63) is 40.3 Å². The summed E-state index contributed by atoms with van der Waals surface area (Å²) >= 11 is 5.98. The molecule has 0 aliphatic carbocycles. The van der Waals surface area contributed by atoms with Crippen molar-refractivity contribution in [1.29, 1.82) is 0 Å². The molecule has 2 amide bonds. The van der Waals surface area contributed by atoms with E-state index in [0.717, 1.165) is 16.8 Å². The van der Waals surface area contributed by atoms with Gasteiger partial charge in [0.2, 0.25) is 5.91 Å². The van der Waals surface area contributed by atoms with Gasteiger partial charge in [-0.25, -0.2) is 0 Å². The van der Waals surface area contributed by atoms with Crippen LogP contribution in [0.15, 0.2) is 29.2 Å². The Balaban J connectivity index is 2.35. The number of hydrogen-bond acceptors (Lipinski definition) is 6. The van der Waals surface area contributed by atoms with Crippen LogP contribution in [-0.4, -0.2) is 27.1 Å². The quantitative estimate of drug-likeness (QED) is 0.636. The van der Waals surface area contributed by atoms with Gasteiger partial charge < -0.3 is 9.90 Å². The lowest BCUT2D eigenvalue weighted by atomic mass is 10.1. The Labute approximate surface area is 129 Å². The molecule has 21 heavy (non-hydrogen) atoms. The van der Waals surface area contributed by atoms with Crippen LogP contribution in [0.25, 0.3) is 6.08 Å². The molecule has 1 fully saturated rings. The number of aromatic carboxylic acids is 1. The van der Waals surface area contributed by atoms with Gasteiger partial charge in [0.1, 0.15) is 0 Å². The van der Waals surface area contributed by atoms with Crippen LogP contribution < -0.4 is 10.5 Å². The first-order valence-corrected chi connectivity index (χ1v) is 6.98. The first-order chi connectivity index (χ1) is 9.90. The fraction of sp³-hybridized carbons (Fsp3) is 0.0769. The highest BCUT2D eigenvalue weighted by molar-refractivity contribution is 8.26. The molecular weight excluding hydrogens is 312 g/mol. The Morgan fingerprint density at radius 2 is 2.05 bits per heavy atom. The average molecular weight is 321 g/mol. The normalized spacial score (nSPS) is 16.4. The van der Waals surface area contributed by atoms with Crippen molar-refractivity contribution in [3.8, 4) is 0 Å². The van der Waals surface area contributed by atoms with E-state index < -0.39 is 17.8 Å².